The molecule has 0 bridgehead atoms. The second kappa shape index (κ2) is 3.83. The van der Waals surface area contributed by atoms with Gasteiger partial charge in [-0.3, -0.25) is 0 Å². The molecule has 2 aromatic rings. The summed E-state index contributed by atoms with van der Waals surface area (Å²) in [6.07, 6.45) is 0. The molecule has 1 atom stereocenters. The number of hydrogen-bond donors (Lipinski definition) is 1. The minimum absolute atomic E-state index is 0.0888. The molecule has 0 saturated carbocycles. The van der Waals surface area contributed by atoms with Gasteiger partial charge in [0.15, 0.2) is 5.95 Å². The zero-order chi connectivity index (χ0) is 11.0. The largest absolute Gasteiger partial charge is 0.326 e. The van der Waals surface area contributed by atoms with Crippen molar-refractivity contribution in [1.82, 2.24) is 4.57 Å². The fraction of sp³-hybridized carbons (Fsp3) is 0.273. The van der Waals surface area contributed by atoms with Crippen LogP contribution in [0.4, 0.5) is 4.39 Å². The normalized spacial score (nSPS) is 13.3. The van der Waals surface area contributed by atoms with Crippen molar-refractivity contribution in [3.8, 4) is 0 Å². The van der Waals surface area contributed by atoms with Gasteiger partial charge in [0.25, 0.3) is 0 Å². The summed E-state index contributed by atoms with van der Waals surface area (Å²) in [6, 6.07) is 6.71. The lowest BCUT2D eigenvalue weighted by atomic mass is 10.2. The van der Waals surface area contributed by atoms with Crippen LogP contribution in [0.1, 0.15) is 6.92 Å². The number of nitrogens with zero attached hydrogens (tertiary/aromatic N) is 1. The first-order chi connectivity index (χ1) is 7.08. The molecular weight excluding hydrogens is 215 g/mol. The monoisotopic (exact) mass is 226 g/mol. The van der Waals surface area contributed by atoms with Crippen LogP contribution in [0.2, 0.25) is 5.02 Å². The van der Waals surface area contributed by atoms with Gasteiger partial charge in [-0.25, -0.2) is 0 Å². The molecule has 0 saturated heterocycles. The van der Waals surface area contributed by atoms with Crippen molar-refractivity contribution in [2.45, 2.75) is 19.5 Å². The van der Waals surface area contributed by atoms with Crippen LogP contribution >= 0.6 is 11.6 Å². The molecule has 2 nitrogen and oxygen atoms in total. The Labute approximate surface area is 92.4 Å². The molecule has 0 aliphatic carbocycles. The maximum absolute atomic E-state index is 13.6. The van der Waals surface area contributed by atoms with E-state index in [0.29, 0.717) is 11.6 Å². The van der Waals surface area contributed by atoms with Gasteiger partial charge in [-0.15, -0.1) is 0 Å². The van der Waals surface area contributed by atoms with E-state index in [9.17, 15) is 4.39 Å². The highest BCUT2D eigenvalue weighted by atomic mass is 35.5. The fourth-order valence-electron chi connectivity index (χ4n) is 1.67. The van der Waals surface area contributed by atoms with Crippen molar-refractivity contribution < 1.29 is 4.39 Å². The van der Waals surface area contributed by atoms with E-state index in [1.54, 1.807) is 22.8 Å². The third-order valence-electron chi connectivity index (χ3n) is 2.29. The van der Waals surface area contributed by atoms with Crippen molar-refractivity contribution in [3.63, 3.8) is 0 Å². The second-order valence-corrected chi connectivity index (χ2v) is 4.19. The van der Waals surface area contributed by atoms with Crippen LogP contribution in [0.3, 0.4) is 0 Å². The zero-order valence-electron chi connectivity index (χ0n) is 8.37. The van der Waals surface area contributed by atoms with E-state index in [2.05, 4.69) is 0 Å². The molecule has 0 aliphatic rings. The average Bonchev–Trinajstić information content (AvgIpc) is 2.43. The van der Waals surface area contributed by atoms with Crippen molar-refractivity contribution in [3.05, 3.63) is 35.2 Å². The maximum atomic E-state index is 13.6. The molecule has 0 aliphatic heterocycles. The summed E-state index contributed by atoms with van der Waals surface area (Å²) in [5, 5.41) is 1.45. The lowest BCUT2D eigenvalue weighted by Gasteiger charge is -2.09. The Kier molecular flexibility index (Phi) is 2.67. The van der Waals surface area contributed by atoms with Gasteiger partial charge in [-0.05, 0) is 19.1 Å². The summed E-state index contributed by atoms with van der Waals surface area (Å²) in [5.74, 6) is -0.274. The van der Waals surface area contributed by atoms with Gasteiger partial charge >= 0.3 is 0 Å². The minimum atomic E-state index is -0.274. The zero-order valence-corrected chi connectivity index (χ0v) is 9.13. The predicted molar refractivity (Wildman–Crippen MR) is 60.6 cm³/mol. The minimum Gasteiger partial charge on any atom is -0.326 e. The van der Waals surface area contributed by atoms with Crippen LogP contribution in [-0.2, 0) is 6.54 Å². The summed E-state index contributed by atoms with van der Waals surface area (Å²) >= 11 is 5.87. The van der Waals surface area contributed by atoms with Crippen LogP contribution in [0.5, 0.6) is 0 Å². The number of aromatic nitrogens is 1. The van der Waals surface area contributed by atoms with Gasteiger partial charge in [0.1, 0.15) is 0 Å². The number of fused-ring (bicyclic) bond motifs is 1. The van der Waals surface area contributed by atoms with Gasteiger partial charge in [-0.2, -0.15) is 4.39 Å². The van der Waals surface area contributed by atoms with E-state index in [4.69, 9.17) is 17.3 Å². The molecule has 1 aromatic heterocycles. The average molecular weight is 227 g/mol. The van der Waals surface area contributed by atoms with Crippen LogP contribution < -0.4 is 5.73 Å². The number of hydrogen-bond acceptors (Lipinski definition) is 1. The molecular formula is C11H12ClFN2. The number of nitrogens with two attached hydrogens (primary N) is 1. The van der Waals surface area contributed by atoms with E-state index in [0.717, 1.165) is 10.9 Å². The highest BCUT2D eigenvalue weighted by Crippen LogP contribution is 2.22. The molecule has 0 radical (unpaired) electrons. The quantitative estimate of drug-likeness (QED) is 0.839. The van der Waals surface area contributed by atoms with Gasteiger partial charge < -0.3 is 10.3 Å². The summed E-state index contributed by atoms with van der Waals surface area (Å²) in [5.41, 5.74) is 6.45. The molecule has 15 heavy (non-hydrogen) atoms. The predicted octanol–water partition coefficient (Wildman–Crippen LogP) is 2.78. The standard InChI is InChI=1S/C11H12ClFN2/c1-7(14)6-15-10-5-9(12)3-2-8(10)4-11(15)13/h2-5,7H,6,14H2,1H3/t7-/m0/s1. The lowest BCUT2D eigenvalue weighted by Crippen LogP contribution is -2.22. The Morgan fingerprint density at radius 3 is 2.87 bits per heavy atom. The number of benzene rings is 1. The number of halogens is 2. The van der Waals surface area contributed by atoms with Gasteiger partial charge in [0, 0.05) is 29.1 Å². The molecule has 0 unspecified atom stereocenters. The highest BCUT2D eigenvalue weighted by Gasteiger charge is 2.09. The second-order valence-electron chi connectivity index (χ2n) is 3.76. The molecule has 0 fully saturated rings. The SMILES string of the molecule is C[C@H](N)Cn1c(F)cc2ccc(Cl)cc21. The molecule has 2 rings (SSSR count). The topological polar surface area (TPSA) is 30.9 Å². The maximum Gasteiger partial charge on any atom is 0.194 e. The summed E-state index contributed by atoms with van der Waals surface area (Å²) in [4.78, 5) is 0. The smallest absolute Gasteiger partial charge is 0.194 e. The van der Waals surface area contributed by atoms with E-state index < -0.39 is 0 Å². The summed E-state index contributed by atoms with van der Waals surface area (Å²) in [6.45, 7) is 2.30. The summed E-state index contributed by atoms with van der Waals surface area (Å²) < 4.78 is 15.1. The van der Waals surface area contributed by atoms with Gasteiger partial charge in [0.05, 0.1) is 5.52 Å². The first-order valence-electron chi connectivity index (χ1n) is 4.78. The van der Waals surface area contributed by atoms with Crippen molar-refractivity contribution in [1.29, 1.82) is 0 Å². The Morgan fingerprint density at radius 2 is 2.20 bits per heavy atom. The van der Waals surface area contributed by atoms with Crippen LogP contribution in [0.25, 0.3) is 10.9 Å². The fourth-order valence-corrected chi connectivity index (χ4v) is 1.83. The Hall–Kier alpha value is -1.06. The van der Waals surface area contributed by atoms with Crippen molar-refractivity contribution >= 4 is 22.5 Å². The van der Waals surface area contributed by atoms with Gasteiger partial charge in [0.2, 0.25) is 0 Å². The van der Waals surface area contributed by atoms with Crippen LogP contribution in [0.15, 0.2) is 24.3 Å². The van der Waals surface area contributed by atoms with Crippen LogP contribution in [-0.4, -0.2) is 10.6 Å². The molecule has 1 aromatic carbocycles. The molecule has 0 amide bonds. The lowest BCUT2D eigenvalue weighted by molar-refractivity contribution is 0.478. The first-order valence-corrected chi connectivity index (χ1v) is 5.15. The van der Waals surface area contributed by atoms with E-state index >= 15 is 0 Å². The number of rotatable bonds is 2. The van der Waals surface area contributed by atoms with Crippen molar-refractivity contribution in [2.75, 3.05) is 0 Å². The Balaban J connectivity index is 2.60. The van der Waals surface area contributed by atoms with E-state index in [-0.39, 0.29) is 12.0 Å². The Bertz CT molecular complexity index is 491. The van der Waals surface area contributed by atoms with Crippen molar-refractivity contribution in [2.24, 2.45) is 5.73 Å². The molecule has 1 heterocycles. The van der Waals surface area contributed by atoms with Gasteiger partial charge in [-0.1, -0.05) is 17.7 Å². The van der Waals surface area contributed by atoms with E-state index in [1.165, 1.54) is 6.07 Å². The summed E-state index contributed by atoms with van der Waals surface area (Å²) in [7, 11) is 0. The molecule has 4 heteroatoms. The molecule has 0 spiro atoms. The van der Waals surface area contributed by atoms with E-state index in [1.807, 2.05) is 6.92 Å². The highest BCUT2D eigenvalue weighted by molar-refractivity contribution is 6.31. The van der Waals surface area contributed by atoms with Crippen LogP contribution in [0, 0.1) is 5.95 Å². The third kappa shape index (κ3) is 1.98. The first kappa shape index (κ1) is 10.5. The molecule has 2 N–H and O–H groups in total. The Morgan fingerprint density at radius 1 is 1.47 bits per heavy atom. The third-order valence-corrected chi connectivity index (χ3v) is 2.52. The molecule has 80 valence electrons.